The summed E-state index contributed by atoms with van der Waals surface area (Å²) in [5.74, 6) is 0.343. The van der Waals surface area contributed by atoms with Crippen molar-refractivity contribution in [3.8, 4) is 5.75 Å². The monoisotopic (exact) mass is 543 g/mol. The van der Waals surface area contributed by atoms with Crippen molar-refractivity contribution in [1.29, 1.82) is 0 Å². The van der Waals surface area contributed by atoms with Crippen LogP contribution in [0.3, 0.4) is 0 Å². The number of halogens is 3. The predicted octanol–water partition coefficient (Wildman–Crippen LogP) is 4.86. The number of nitrogen functional groups attached to an aromatic ring is 1. The minimum Gasteiger partial charge on any atom is -0.405 e. The number of nitrogens with zero attached hydrogens (tertiary/aromatic N) is 3. The van der Waals surface area contributed by atoms with E-state index >= 15 is 0 Å². The van der Waals surface area contributed by atoms with Crippen LogP contribution in [0.15, 0.2) is 54.6 Å². The van der Waals surface area contributed by atoms with Gasteiger partial charge in [0.15, 0.2) is 0 Å². The largest absolute Gasteiger partial charge is 0.573 e. The molecule has 5 N–H and O–H groups in total. The van der Waals surface area contributed by atoms with Gasteiger partial charge < -0.3 is 26.4 Å². The molecule has 12 heteroatoms. The molecule has 0 spiro atoms. The molecule has 208 valence electrons. The van der Waals surface area contributed by atoms with E-state index < -0.39 is 6.36 Å². The molecule has 0 unspecified atom stereocenters. The number of nitrogens with two attached hydrogens (primary N) is 1. The molecule has 1 aliphatic rings. The number of amides is 1. The maximum absolute atomic E-state index is 12.7. The second-order valence-electron chi connectivity index (χ2n) is 9.60. The number of hydrogen-bond donors (Lipinski definition) is 4. The van der Waals surface area contributed by atoms with E-state index in [9.17, 15) is 18.0 Å². The van der Waals surface area contributed by atoms with Crippen LogP contribution in [0.4, 0.5) is 31.0 Å². The van der Waals surface area contributed by atoms with E-state index in [2.05, 4.69) is 54.7 Å². The SMILES string of the molecule is C[C@@H](CNc1nc(N)nc(N[C@H]2CC[C@@H](C(=O)NCc3ccccc3OC(F)(F)F)CC2)n1)c1ccccc1. The van der Waals surface area contributed by atoms with E-state index in [0.717, 1.165) is 0 Å². The molecule has 0 aliphatic heterocycles. The number of para-hydroxylation sites is 1. The summed E-state index contributed by atoms with van der Waals surface area (Å²) in [6, 6.07) is 15.9. The van der Waals surface area contributed by atoms with Crippen molar-refractivity contribution >= 4 is 23.8 Å². The van der Waals surface area contributed by atoms with Gasteiger partial charge in [-0.1, -0.05) is 55.5 Å². The van der Waals surface area contributed by atoms with Crippen LogP contribution in [0.1, 0.15) is 49.7 Å². The zero-order valence-electron chi connectivity index (χ0n) is 21.5. The van der Waals surface area contributed by atoms with Gasteiger partial charge in [0, 0.05) is 30.6 Å². The second-order valence-corrected chi connectivity index (χ2v) is 9.60. The molecule has 1 amide bonds. The van der Waals surface area contributed by atoms with Crippen molar-refractivity contribution in [1.82, 2.24) is 20.3 Å². The quantitative estimate of drug-likeness (QED) is 0.286. The number of anilines is 3. The molecule has 3 aromatic rings. The molecule has 1 saturated carbocycles. The number of ether oxygens (including phenoxy) is 1. The van der Waals surface area contributed by atoms with Gasteiger partial charge >= 0.3 is 6.36 Å². The summed E-state index contributed by atoms with van der Waals surface area (Å²) in [5.41, 5.74) is 7.36. The molecule has 1 heterocycles. The van der Waals surface area contributed by atoms with Crippen LogP contribution in [-0.4, -0.2) is 39.8 Å². The summed E-state index contributed by atoms with van der Waals surface area (Å²) in [5, 5.41) is 9.26. The zero-order valence-corrected chi connectivity index (χ0v) is 21.5. The third-order valence-corrected chi connectivity index (χ3v) is 6.67. The van der Waals surface area contributed by atoms with Crippen molar-refractivity contribution in [2.24, 2.45) is 5.92 Å². The third-order valence-electron chi connectivity index (χ3n) is 6.67. The van der Waals surface area contributed by atoms with Crippen LogP contribution in [-0.2, 0) is 11.3 Å². The van der Waals surface area contributed by atoms with E-state index in [1.165, 1.54) is 23.8 Å². The first kappa shape index (κ1) is 27.9. The van der Waals surface area contributed by atoms with Gasteiger partial charge in [-0.05, 0) is 43.2 Å². The number of nitrogens with one attached hydrogen (secondary N) is 3. The Kier molecular flexibility index (Phi) is 9.05. The van der Waals surface area contributed by atoms with E-state index in [1.54, 1.807) is 6.07 Å². The minimum absolute atomic E-state index is 0.0489. The van der Waals surface area contributed by atoms with Crippen molar-refractivity contribution in [3.05, 3.63) is 65.7 Å². The Morgan fingerprint density at radius 1 is 1.00 bits per heavy atom. The number of carbonyl (C=O) groups is 1. The molecule has 4 rings (SSSR count). The number of benzene rings is 2. The fourth-order valence-electron chi connectivity index (χ4n) is 4.56. The first-order valence-electron chi connectivity index (χ1n) is 12.8. The maximum Gasteiger partial charge on any atom is 0.573 e. The normalized spacial score (nSPS) is 18.2. The summed E-state index contributed by atoms with van der Waals surface area (Å²) < 4.78 is 42.0. The topological polar surface area (TPSA) is 127 Å². The lowest BCUT2D eigenvalue weighted by Gasteiger charge is -2.28. The summed E-state index contributed by atoms with van der Waals surface area (Å²) in [6.07, 6.45) is -2.17. The van der Waals surface area contributed by atoms with Crippen LogP contribution in [0.5, 0.6) is 5.75 Å². The van der Waals surface area contributed by atoms with E-state index in [4.69, 9.17) is 5.73 Å². The van der Waals surface area contributed by atoms with Crippen molar-refractivity contribution in [2.75, 3.05) is 22.9 Å². The van der Waals surface area contributed by atoms with Crippen LogP contribution in [0.2, 0.25) is 0 Å². The molecule has 1 aromatic heterocycles. The Hall–Kier alpha value is -4.09. The van der Waals surface area contributed by atoms with E-state index in [0.29, 0.717) is 44.1 Å². The molecule has 1 aliphatic carbocycles. The van der Waals surface area contributed by atoms with Gasteiger partial charge in [-0.15, -0.1) is 13.2 Å². The summed E-state index contributed by atoms with van der Waals surface area (Å²) in [6.45, 7) is 2.68. The Labute approximate surface area is 224 Å². The lowest BCUT2D eigenvalue weighted by Crippen LogP contribution is -2.36. The average Bonchev–Trinajstić information content (AvgIpc) is 2.91. The Bertz CT molecular complexity index is 1240. The molecule has 1 fully saturated rings. The molecule has 0 bridgehead atoms. The number of alkyl halides is 3. The maximum atomic E-state index is 12.7. The van der Waals surface area contributed by atoms with Crippen molar-refractivity contribution < 1.29 is 22.7 Å². The van der Waals surface area contributed by atoms with Gasteiger partial charge in [0.25, 0.3) is 0 Å². The molecular weight excluding hydrogens is 511 g/mol. The predicted molar refractivity (Wildman–Crippen MR) is 142 cm³/mol. The Morgan fingerprint density at radius 2 is 1.67 bits per heavy atom. The molecule has 9 nitrogen and oxygen atoms in total. The molecule has 0 radical (unpaired) electrons. The lowest BCUT2D eigenvalue weighted by atomic mass is 9.85. The highest BCUT2D eigenvalue weighted by Crippen LogP contribution is 2.28. The van der Waals surface area contributed by atoms with Gasteiger partial charge in [-0.25, -0.2) is 0 Å². The van der Waals surface area contributed by atoms with E-state index in [-0.39, 0.29) is 47.6 Å². The number of carbonyl (C=O) groups excluding carboxylic acids is 1. The van der Waals surface area contributed by atoms with Crippen LogP contribution < -0.4 is 26.4 Å². The fraction of sp³-hybridized carbons (Fsp3) is 0.407. The van der Waals surface area contributed by atoms with Crippen LogP contribution >= 0.6 is 0 Å². The zero-order chi connectivity index (χ0) is 27.8. The van der Waals surface area contributed by atoms with Gasteiger partial charge in [0.1, 0.15) is 5.75 Å². The van der Waals surface area contributed by atoms with Gasteiger partial charge in [-0.2, -0.15) is 15.0 Å². The minimum atomic E-state index is -4.80. The van der Waals surface area contributed by atoms with Gasteiger partial charge in [0.05, 0.1) is 0 Å². The first-order valence-corrected chi connectivity index (χ1v) is 12.8. The third kappa shape index (κ3) is 8.45. The molecule has 0 saturated heterocycles. The summed E-state index contributed by atoms with van der Waals surface area (Å²) in [7, 11) is 0. The van der Waals surface area contributed by atoms with Crippen LogP contribution in [0, 0.1) is 5.92 Å². The lowest BCUT2D eigenvalue weighted by molar-refractivity contribution is -0.274. The highest BCUT2D eigenvalue weighted by Gasteiger charge is 2.32. The standard InChI is InChI=1S/C27H32F3N7O2/c1-17(18-7-3-2-4-8-18)15-33-25-35-24(31)36-26(37-25)34-21-13-11-19(12-14-21)23(38)32-16-20-9-5-6-10-22(20)39-27(28,29)30/h2-10,17,19,21H,11-16H2,1H3,(H,32,38)(H4,31,33,34,35,36,37)/t17-,19-,21+/m0/s1. The van der Waals surface area contributed by atoms with Crippen molar-refractivity contribution in [3.63, 3.8) is 0 Å². The number of aromatic nitrogens is 3. The fourth-order valence-corrected chi connectivity index (χ4v) is 4.56. The summed E-state index contributed by atoms with van der Waals surface area (Å²) in [4.78, 5) is 25.5. The highest BCUT2D eigenvalue weighted by molar-refractivity contribution is 5.78. The number of rotatable bonds is 10. The van der Waals surface area contributed by atoms with Crippen LogP contribution in [0.25, 0.3) is 0 Å². The van der Waals surface area contributed by atoms with Gasteiger partial charge in [-0.3, -0.25) is 4.79 Å². The Balaban J connectivity index is 1.25. The summed E-state index contributed by atoms with van der Waals surface area (Å²) >= 11 is 0. The molecular formula is C27H32F3N7O2. The highest BCUT2D eigenvalue weighted by atomic mass is 19.4. The molecule has 1 atom stereocenters. The molecule has 2 aromatic carbocycles. The average molecular weight is 544 g/mol. The smallest absolute Gasteiger partial charge is 0.405 e. The first-order chi connectivity index (χ1) is 18.7. The van der Waals surface area contributed by atoms with Gasteiger partial charge in [0.2, 0.25) is 23.8 Å². The van der Waals surface area contributed by atoms with Crippen molar-refractivity contribution in [2.45, 2.75) is 57.5 Å². The number of hydrogen-bond acceptors (Lipinski definition) is 8. The second kappa shape index (κ2) is 12.6. The molecule has 39 heavy (non-hydrogen) atoms. The Morgan fingerprint density at radius 3 is 2.38 bits per heavy atom. The van der Waals surface area contributed by atoms with E-state index in [1.807, 2.05) is 18.2 Å².